The van der Waals surface area contributed by atoms with Crippen molar-refractivity contribution < 1.29 is 28.6 Å². The molecular formula is C76H134O6. The maximum absolute atomic E-state index is 13.0. The number of allylic oxidation sites excluding steroid dienone is 14. The minimum atomic E-state index is -0.792. The SMILES string of the molecule is CC/C=C\C/C=C\C/C=C\C/C=C\CCCCCCCCC(=O)OCC(COC(=O)CCCCCCCCCCCCCCCCCCCCCCCCCC)OC(=O)CCCCCCCC/C=C\C/C=C\C/C=C\CCCCCCC. The molecule has 0 aromatic heterocycles. The second kappa shape index (κ2) is 70.1. The summed E-state index contributed by atoms with van der Waals surface area (Å²) in [4.78, 5) is 38.5. The van der Waals surface area contributed by atoms with E-state index in [0.29, 0.717) is 19.3 Å². The third kappa shape index (κ3) is 67.4. The van der Waals surface area contributed by atoms with Crippen molar-refractivity contribution in [1.82, 2.24) is 0 Å². The van der Waals surface area contributed by atoms with Crippen molar-refractivity contribution in [3.63, 3.8) is 0 Å². The largest absolute Gasteiger partial charge is 0.462 e. The lowest BCUT2D eigenvalue weighted by atomic mass is 10.0. The van der Waals surface area contributed by atoms with Crippen LogP contribution in [-0.4, -0.2) is 37.2 Å². The van der Waals surface area contributed by atoms with Crippen LogP contribution in [0.15, 0.2) is 85.1 Å². The van der Waals surface area contributed by atoms with Crippen LogP contribution in [0.3, 0.4) is 0 Å². The van der Waals surface area contributed by atoms with Crippen LogP contribution in [0.25, 0.3) is 0 Å². The summed E-state index contributed by atoms with van der Waals surface area (Å²) in [5.74, 6) is -0.891. The average molecular weight is 1140 g/mol. The van der Waals surface area contributed by atoms with Crippen LogP contribution >= 0.6 is 0 Å². The van der Waals surface area contributed by atoms with Gasteiger partial charge in [0.25, 0.3) is 0 Å². The topological polar surface area (TPSA) is 78.9 Å². The smallest absolute Gasteiger partial charge is 0.306 e. The number of hydrogen-bond acceptors (Lipinski definition) is 6. The zero-order chi connectivity index (χ0) is 59.2. The van der Waals surface area contributed by atoms with Crippen molar-refractivity contribution in [2.45, 2.75) is 367 Å². The lowest BCUT2D eigenvalue weighted by molar-refractivity contribution is -0.167. The monoisotopic (exact) mass is 1140 g/mol. The summed E-state index contributed by atoms with van der Waals surface area (Å²) in [6, 6.07) is 0. The Kier molecular flexibility index (Phi) is 67.2. The minimum Gasteiger partial charge on any atom is -0.462 e. The van der Waals surface area contributed by atoms with Crippen LogP contribution in [0.1, 0.15) is 361 Å². The molecule has 0 spiro atoms. The first-order chi connectivity index (χ1) is 40.5. The van der Waals surface area contributed by atoms with E-state index in [0.717, 1.165) is 116 Å². The molecule has 0 saturated heterocycles. The highest BCUT2D eigenvalue weighted by molar-refractivity contribution is 5.71. The molecule has 6 heteroatoms. The van der Waals surface area contributed by atoms with E-state index in [1.54, 1.807) is 0 Å². The highest BCUT2D eigenvalue weighted by atomic mass is 16.6. The van der Waals surface area contributed by atoms with Gasteiger partial charge in [0.05, 0.1) is 0 Å². The molecule has 1 atom stereocenters. The predicted molar refractivity (Wildman–Crippen MR) is 358 cm³/mol. The molecule has 1 unspecified atom stereocenters. The highest BCUT2D eigenvalue weighted by Gasteiger charge is 2.19. The second-order valence-corrected chi connectivity index (χ2v) is 23.8. The summed E-state index contributed by atoms with van der Waals surface area (Å²) in [7, 11) is 0. The molecule has 0 amide bonds. The first kappa shape index (κ1) is 78.6. The van der Waals surface area contributed by atoms with Gasteiger partial charge in [-0.05, 0) is 96.3 Å². The molecular weight excluding hydrogens is 1010 g/mol. The molecule has 0 aromatic carbocycles. The summed E-state index contributed by atoms with van der Waals surface area (Å²) < 4.78 is 17.0. The van der Waals surface area contributed by atoms with Crippen molar-refractivity contribution in [3.8, 4) is 0 Å². The van der Waals surface area contributed by atoms with Crippen LogP contribution in [0.5, 0.6) is 0 Å². The summed E-state index contributed by atoms with van der Waals surface area (Å²) in [5.41, 5.74) is 0. The molecule has 0 N–H and O–H groups in total. The van der Waals surface area contributed by atoms with Gasteiger partial charge in [0, 0.05) is 19.3 Å². The molecule has 0 fully saturated rings. The van der Waals surface area contributed by atoms with E-state index in [-0.39, 0.29) is 31.1 Å². The highest BCUT2D eigenvalue weighted by Crippen LogP contribution is 2.18. The predicted octanol–water partition coefficient (Wildman–Crippen LogP) is 24.6. The van der Waals surface area contributed by atoms with Crippen LogP contribution in [0.4, 0.5) is 0 Å². The van der Waals surface area contributed by atoms with Crippen LogP contribution in [-0.2, 0) is 28.6 Å². The van der Waals surface area contributed by atoms with Gasteiger partial charge >= 0.3 is 17.9 Å². The third-order valence-electron chi connectivity index (χ3n) is 15.6. The fourth-order valence-electron chi connectivity index (χ4n) is 10.3. The van der Waals surface area contributed by atoms with E-state index < -0.39 is 6.10 Å². The Morgan fingerprint density at radius 3 is 0.744 bits per heavy atom. The van der Waals surface area contributed by atoms with E-state index >= 15 is 0 Å². The lowest BCUT2D eigenvalue weighted by Crippen LogP contribution is -2.30. The molecule has 0 aliphatic rings. The average Bonchev–Trinajstić information content (AvgIpc) is 3.47. The number of unbranched alkanes of at least 4 members (excludes halogenated alkanes) is 40. The molecule has 6 nitrogen and oxygen atoms in total. The van der Waals surface area contributed by atoms with Gasteiger partial charge < -0.3 is 14.2 Å². The number of ether oxygens (including phenoxy) is 3. The number of carbonyl (C=O) groups excluding carboxylic acids is 3. The van der Waals surface area contributed by atoms with Crippen molar-refractivity contribution in [1.29, 1.82) is 0 Å². The van der Waals surface area contributed by atoms with Gasteiger partial charge in [0.2, 0.25) is 0 Å². The molecule has 0 aliphatic carbocycles. The number of esters is 3. The number of carbonyl (C=O) groups is 3. The second-order valence-electron chi connectivity index (χ2n) is 23.8. The molecule has 0 saturated carbocycles. The van der Waals surface area contributed by atoms with Crippen molar-refractivity contribution in [3.05, 3.63) is 85.1 Å². The Hall–Kier alpha value is -3.41. The van der Waals surface area contributed by atoms with E-state index in [4.69, 9.17) is 14.2 Å². The Labute approximate surface area is 509 Å². The zero-order valence-electron chi connectivity index (χ0n) is 54.5. The van der Waals surface area contributed by atoms with Gasteiger partial charge in [0.15, 0.2) is 6.10 Å². The molecule has 0 radical (unpaired) electrons. The van der Waals surface area contributed by atoms with Gasteiger partial charge in [0.1, 0.15) is 13.2 Å². The molecule has 0 aromatic rings. The quantitative estimate of drug-likeness (QED) is 0.0261. The van der Waals surface area contributed by atoms with E-state index in [2.05, 4.69) is 106 Å². The van der Waals surface area contributed by atoms with Crippen LogP contribution < -0.4 is 0 Å². The molecule has 82 heavy (non-hydrogen) atoms. The Morgan fingerprint density at radius 2 is 0.476 bits per heavy atom. The standard InChI is InChI=1S/C76H134O6/c1-4-7-10-13-16-19-22-25-28-31-34-36-37-38-40-42-45-48-51-54-57-60-63-66-69-75(78)81-72-73(71-80-74(77)68-65-62-59-56-53-50-47-44-41-33-30-27-24-21-18-15-12-9-6-3)82-76(79)70-67-64-61-58-55-52-49-46-43-39-35-32-29-26-23-20-17-14-11-8-5-2/h9,12,18,21,23,26-27,30,32,35,41,43-44,46,73H,4-8,10-11,13-17,19-20,22,24-25,28-29,31,33-34,36-40,42,45,47-72H2,1-3H3/b12-9-,21-18-,26-23-,30-27-,35-32-,44-41-,46-43-. The summed E-state index contributed by atoms with van der Waals surface area (Å²) in [6.07, 6.45) is 93.2. The van der Waals surface area contributed by atoms with Crippen LogP contribution in [0, 0.1) is 0 Å². The van der Waals surface area contributed by atoms with Crippen LogP contribution in [0.2, 0.25) is 0 Å². The Morgan fingerprint density at radius 1 is 0.256 bits per heavy atom. The summed E-state index contributed by atoms with van der Waals surface area (Å²) in [5, 5.41) is 0. The maximum atomic E-state index is 13.0. The lowest BCUT2D eigenvalue weighted by Gasteiger charge is -2.18. The molecule has 0 aliphatic heterocycles. The molecule has 0 bridgehead atoms. The zero-order valence-corrected chi connectivity index (χ0v) is 54.5. The van der Waals surface area contributed by atoms with Gasteiger partial charge in [-0.15, -0.1) is 0 Å². The van der Waals surface area contributed by atoms with Crippen molar-refractivity contribution >= 4 is 17.9 Å². The fourth-order valence-corrected chi connectivity index (χ4v) is 10.3. The molecule has 0 heterocycles. The van der Waals surface area contributed by atoms with E-state index in [1.807, 2.05) is 0 Å². The Balaban J connectivity index is 4.38. The first-order valence-electron chi connectivity index (χ1n) is 35.6. The summed E-state index contributed by atoms with van der Waals surface area (Å²) in [6.45, 7) is 6.55. The van der Waals surface area contributed by atoms with E-state index in [9.17, 15) is 14.4 Å². The number of rotatable bonds is 65. The normalized spacial score (nSPS) is 12.6. The van der Waals surface area contributed by atoms with E-state index in [1.165, 1.54) is 205 Å². The first-order valence-corrected chi connectivity index (χ1v) is 35.6. The summed E-state index contributed by atoms with van der Waals surface area (Å²) >= 11 is 0. The number of hydrogen-bond donors (Lipinski definition) is 0. The van der Waals surface area contributed by atoms with Gasteiger partial charge in [-0.2, -0.15) is 0 Å². The van der Waals surface area contributed by atoms with Gasteiger partial charge in [-0.3, -0.25) is 14.4 Å². The molecule has 474 valence electrons. The Bertz CT molecular complexity index is 1550. The third-order valence-corrected chi connectivity index (χ3v) is 15.6. The molecule has 0 rings (SSSR count). The maximum Gasteiger partial charge on any atom is 0.306 e. The van der Waals surface area contributed by atoms with Crippen molar-refractivity contribution in [2.75, 3.05) is 13.2 Å². The fraction of sp³-hybridized carbons (Fsp3) is 0.776. The van der Waals surface area contributed by atoms with Gasteiger partial charge in [-0.25, -0.2) is 0 Å². The van der Waals surface area contributed by atoms with Gasteiger partial charge in [-0.1, -0.05) is 331 Å². The van der Waals surface area contributed by atoms with Crippen molar-refractivity contribution in [2.24, 2.45) is 0 Å². The minimum absolute atomic E-state index is 0.0838.